The summed E-state index contributed by atoms with van der Waals surface area (Å²) in [4.78, 5) is 11.4. The van der Waals surface area contributed by atoms with Crippen LogP contribution in [0.5, 0.6) is 0 Å². The van der Waals surface area contributed by atoms with Crippen LogP contribution in [0.15, 0.2) is 0 Å². The maximum atomic E-state index is 11.4. The molecule has 0 amide bonds. The topological polar surface area (TPSA) is 43.1 Å². The number of terminal acetylenes is 1. The van der Waals surface area contributed by atoms with Crippen molar-refractivity contribution in [1.82, 2.24) is 0 Å². The van der Waals surface area contributed by atoms with Gasteiger partial charge in [0.25, 0.3) is 0 Å². The Balaban J connectivity index is 2.24. The van der Waals surface area contributed by atoms with Gasteiger partial charge < -0.3 is 5.73 Å². The van der Waals surface area contributed by atoms with Crippen LogP contribution in [0.3, 0.4) is 0 Å². The second kappa shape index (κ2) is 3.73. The van der Waals surface area contributed by atoms with E-state index in [2.05, 4.69) is 5.92 Å². The van der Waals surface area contributed by atoms with Gasteiger partial charge in [0.2, 0.25) is 0 Å². The Bertz CT molecular complexity index is 210. The summed E-state index contributed by atoms with van der Waals surface area (Å²) in [7, 11) is 0. The molecule has 2 heteroatoms. The first kappa shape index (κ1) is 9.28. The fourth-order valence-electron chi connectivity index (χ4n) is 1.44. The first-order valence-corrected chi connectivity index (χ1v) is 4.45. The van der Waals surface area contributed by atoms with Gasteiger partial charge in [0.15, 0.2) is 5.78 Å². The molecule has 66 valence electrons. The summed E-state index contributed by atoms with van der Waals surface area (Å²) < 4.78 is 0. The molecule has 1 aliphatic rings. The lowest BCUT2D eigenvalue weighted by Gasteiger charge is -2.36. The van der Waals surface area contributed by atoms with Crippen molar-refractivity contribution in [3.8, 4) is 12.3 Å². The fraction of sp³-hybridized carbons (Fsp3) is 0.700. The zero-order chi connectivity index (χ0) is 9.03. The van der Waals surface area contributed by atoms with Crippen molar-refractivity contribution < 1.29 is 4.79 Å². The van der Waals surface area contributed by atoms with E-state index in [-0.39, 0.29) is 5.78 Å². The monoisotopic (exact) mass is 165 g/mol. The lowest BCUT2D eigenvalue weighted by Crippen LogP contribution is -2.53. The molecule has 0 heterocycles. The molecule has 0 atom stereocenters. The van der Waals surface area contributed by atoms with Gasteiger partial charge in [0.05, 0.1) is 5.54 Å². The second-order valence-electron chi connectivity index (χ2n) is 3.49. The third kappa shape index (κ3) is 1.86. The van der Waals surface area contributed by atoms with E-state index in [4.69, 9.17) is 12.2 Å². The van der Waals surface area contributed by atoms with Gasteiger partial charge in [0, 0.05) is 12.8 Å². The molecule has 0 unspecified atom stereocenters. The number of carbonyl (C=O) groups is 1. The molecular formula is C10H15NO. The highest BCUT2D eigenvalue weighted by atomic mass is 16.1. The average molecular weight is 165 g/mol. The van der Waals surface area contributed by atoms with Crippen LogP contribution in [0.1, 0.15) is 38.5 Å². The van der Waals surface area contributed by atoms with E-state index in [0.717, 1.165) is 25.7 Å². The number of Topliss-reactive ketones (excluding diaryl/α,β-unsaturated/α-hetero) is 1. The second-order valence-corrected chi connectivity index (χ2v) is 3.49. The van der Waals surface area contributed by atoms with E-state index in [1.807, 2.05) is 0 Å². The van der Waals surface area contributed by atoms with E-state index < -0.39 is 5.54 Å². The van der Waals surface area contributed by atoms with Crippen molar-refractivity contribution in [2.24, 2.45) is 5.73 Å². The SMILES string of the molecule is C#CCCCC(=O)C1(N)CCC1. The minimum atomic E-state index is -0.478. The summed E-state index contributed by atoms with van der Waals surface area (Å²) in [6, 6.07) is 0. The van der Waals surface area contributed by atoms with Crippen LogP contribution in [0.25, 0.3) is 0 Å². The van der Waals surface area contributed by atoms with Gasteiger partial charge in [-0.25, -0.2) is 0 Å². The van der Waals surface area contributed by atoms with Crippen molar-refractivity contribution >= 4 is 5.78 Å². The van der Waals surface area contributed by atoms with Crippen molar-refractivity contribution in [3.63, 3.8) is 0 Å². The van der Waals surface area contributed by atoms with Crippen LogP contribution >= 0.6 is 0 Å². The van der Waals surface area contributed by atoms with Crippen LogP contribution in [0, 0.1) is 12.3 Å². The third-order valence-corrected chi connectivity index (χ3v) is 2.53. The minimum absolute atomic E-state index is 0.198. The highest BCUT2D eigenvalue weighted by molar-refractivity contribution is 5.89. The lowest BCUT2D eigenvalue weighted by atomic mass is 9.73. The van der Waals surface area contributed by atoms with Crippen LogP contribution in [-0.4, -0.2) is 11.3 Å². The Hall–Kier alpha value is -0.810. The first-order valence-electron chi connectivity index (χ1n) is 4.45. The van der Waals surface area contributed by atoms with E-state index in [1.54, 1.807) is 0 Å². The Morgan fingerprint density at radius 2 is 2.25 bits per heavy atom. The minimum Gasteiger partial charge on any atom is -0.319 e. The van der Waals surface area contributed by atoms with Crippen LogP contribution < -0.4 is 5.73 Å². The molecule has 12 heavy (non-hydrogen) atoms. The van der Waals surface area contributed by atoms with Crippen LogP contribution in [0.4, 0.5) is 0 Å². The van der Waals surface area contributed by atoms with Crippen LogP contribution in [0.2, 0.25) is 0 Å². The maximum Gasteiger partial charge on any atom is 0.152 e. The molecule has 0 radical (unpaired) electrons. The van der Waals surface area contributed by atoms with Gasteiger partial charge >= 0.3 is 0 Å². The number of rotatable bonds is 4. The smallest absolute Gasteiger partial charge is 0.152 e. The van der Waals surface area contributed by atoms with Gasteiger partial charge in [0.1, 0.15) is 0 Å². The molecule has 0 saturated heterocycles. The molecule has 0 aromatic rings. The standard InChI is InChI=1S/C10H15NO/c1-2-3-4-6-9(12)10(11)7-5-8-10/h1H,3-8,11H2. The normalized spacial score (nSPS) is 19.3. The summed E-state index contributed by atoms with van der Waals surface area (Å²) in [5.41, 5.74) is 5.35. The molecule has 0 bridgehead atoms. The molecule has 1 aliphatic carbocycles. The summed E-state index contributed by atoms with van der Waals surface area (Å²) in [5.74, 6) is 2.72. The Morgan fingerprint density at radius 3 is 2.67 bits per heavy atom. The summed E-state index contributed by atoms with van der Waals surface area (Å²) in [5, 5.41) is 0. The first-order chi connectivity index (χ1) is 5.69. The van der Waals surface area contributed by atoms with Gasteiger partial charge in [-0.15, -0.1) is 12.3 Å². The molecule has 1 fully saturated rings. The number of hydrogen-bond acceptors (Lipinski definition) is 2. The number of hydrogen-bond donors (Lipinski definition) is 1. The maximum absolute atomic E-state index is 11.4. The number of carbonyl (C=O) groups excluding carboxylic acids is 1. The number of ketones is 1. The molecule has 0 aliphatic heterocycles. The molecule has 1 rings (SSSR count). The van der Waals surface area contributed by atoms with Gasteiger partial charge in [-0.3, -0.25) is 4.79 Å². The van der Waals surface area contributed by atoms with Gasteiger partial charge in [-0.2, -0.15) is 0 Å². The van der Waals surface area contributed by atoms with E-state index >= 15 is 0 Å². The molecule has 1 saturated carbocycles. The zero-order valence-electron chi connectivity index (χ0n) is 7.31. The quantitative estimate of drug-likeness (QED) is 0.503. The number of nitrogens with two attached hydrogens (primary N) is 1. The van der Waals surface area contributed by atoms with E-state index in [1.165, 1.54) is 0 Å². The van der Waals surface area contributed by atoms with Crippen molar-refractivity contribution in [1.29, 1.82) is 0 Å². The third-order valence-electron chi connectivity index (χ3n) is 2.53. The molecule has 0 aromatic carbocycles. The highest BCUT2D eigenvalue weighted by Gasteiger charge is 2.38. The lowest BCUT2D eigenvalue weighted by molar-refractivity contribution is -0.127. The van der Waals surface area contributed by atoms with Gasteiger partial charge in [-0.05, 0) is 25.7 Å². The predicted molar refractivity (Wildman–Crippen MR) is 48.5 cm³/mol. The number of unbranched alkanes of at least 4 members (excludes halogenated alkanes) is 1. The predicted octanol–water partition coefficient (Wildman–Crippen LogP) is 1.24. The summed E-state index contributed by atoms with van der Waals surface area (Å²) in [6.45, 7) is 0. The molecule has 2 nitrogen and oxygen atoms in total. The Kier molecular flexibility index (Phi) is 2.88. The zero-order valence-corrected chi connectivity index (χ0v) is 7.31. The molecular weight excluding hydrogens is 150 g/mol. The summed E-state index contributed by atoms with van der Waals surface area (Å²) >= 11 is 0. The average Bonchev–Trinajstić information content (AvgIpc) is 2.00. The Morgan fingerprint density at radius 1 is 1.58 bits per heavy atom. The van der Waals surface area contributed by atoms with Gasteiger partial charge in [-0.1, -0.05) is 0 Å². The van der Waals surface area contributed by atoms with E-state index in [9.17, 15) is 4.79 Å². The molecule has 2 N–H and O–H groups in total. The fourth-order valence-corrected chi connectivity index (χ4v) is 1.44. The molecule has 0 aromatic heterocycles. The largest absolute Gasteiger partial charge is 0.319 e. The summed E-state index contributed by atoms with van der Waals surface area (Å²) in [6.07, 6.45) is 9.92. The van der Waals surface area contributed by atoms with Crippen molar-refractivity contribution in [2.45, 2.75) is 44.1 Å². The van der Waals surface area contributed by atoms with Crippen LogP contribution in [-0.2, 0) is 4.79 Å². The van der Waals surface area contributed by atoms with Crippen molar-refractivity contribution in [2.75, 3.05) is 0 Å². The molecule has 0 spiro atoms. The highest BCUT2D eigenvalue weighted by Crippen LogP contribution is 2.31. The van der Waals surface area contributed by atoms with E-state index in [0.29, 0.717) is 12.8 Å². The van der Waals surface area contributed by atoms with Crippen molar-refractivity contribution in [3.05, 3.63) is 0 Å². The Labute approximate surface area is 73.5 Å².